The zero-order chi connectivity index (χ0) is 20.5. The third-order valence-corrected chi connectivity index (χ3v) is 5.04. The van der Waals surface area contributed by atoms with Gasteiger partial charge in [-0.05, 0) is 24.3 Å². The molecule has 148 valence electrons. The number of anilines is 3. The smallest absolute Gasteiger partial charge is 0.261 e. The van der Waals surface area contributed by atoms with Gasteiger partial charge in [0.2, 0.25) is 11.1 Å². The average molecular weight is 418 g/mol. The number of carbonyl (C=O) groups is 1. The second-order valence-corrected chi connectivity index (χ2v) is 7.31. The summed E-state index contributed by atoms with van der Waals surface area (Å²) >= 11 is 1.34. The van der Waals surface area contributed by atoms with Crippen LogP contribution in [0.4, 0.5) is 16.8 Å². The summed E-state index contributed by atoms with van der Waals surface area (Å²) in [5.74, 6) is -0.161. The Morgan fingerprint density at radius 3 is 3.00 bits per heavy atom. The molecule has 0 aliphatic heterocycles. The van der Waals surface area contributed by atoms with E-state index in [2.05, 4.69) is 46.1 Å². The van der Waals surface area contributed by atoms with E-state index in [1.165, 1.54) is 17.5 Å². The van der Waals surface area contributed by atoms with Gasteiger partial charge in [-0.25, -0.2) is 9.97 Å². The van der Waals surface area contributed by atoms with E-state index in [0.29, 0.717) is 21.4 Å². The van der Waals surface area contributed by atoms with Crippen LogP contribution in [0.2, 0.25) is 0 Å². The lowest BCUT2D eigenvalue weighted by molar-refractivity contribution is 0.102. The Kier molecular flexibility index (Phi) is 4.37. The SMILES string of the molecule is Cn1cc(C(=O)Nc2nccc(-c3nnc(Nc4ccc5[nH]ncc5c4)s3)n2)cn1. The molecule has 0 atom stereocenters. The molecule has 11 nitrogen and oxygen atoms in total. The van der Waals surface area contributed by atoms with Gasteiger partial charge in [0.05, 0.1) is 23.5 Å². The monoisotopic (exact) mass is 418 g/mol. The fourth-order valence-corrected chi connectivity index (χ4v) is 3.50. The van der Waals surface area contributed by atoms with Gasteiger partial charge in [0.25, 0.3) is 5.91 Å². The fraction of sp³-hybridized carbons (Fsp3) is 0.0556. The maximum absolute atomic E-state index is 12.3. The van der Waals surface area contributed by atoms with Crippen molar-refractivity contribution >= 4 is 44.9 Å². The van der Waals surface area contributed by atoms with Crippen LogP contribution in [0.1, 0.15) is 10.4 Å². The standard InChI is InChI=1S/C18H14N10OS/c1-28-9-11(8-21-28)15(29)24-17-19-5-4-14(23-17)16-26-27-18(30-16)22-12-2-3-13-10(6-12)7-20-25-13/h2-9H,1H3,(H,20,25)(H,22,27)(H,19,23,24,29). The van der Waals surface area contributed by atoms with E-state index in [0.717, 1.165) is 16.6 Å². The van der Waals surface area contributed by atoms with Crippen LogP contribution in [-0.4, -0.2) is 46.1 Å². The van der Waals surface area contributed by atoms with Gasteiger partial charge in [0.15, 0.2) is 5.01 Å². The predicted molar refractivity (Wildman–Crippen MR) is 111 cm³/mol. The molecular weight excluding hydrogens is 404 g/mol. The number of carbonyl (C=O) groups excluding carboxylic acids is 1. The summed E-state index contributed by atoms with van der Waals surface area (Å²) < 4.78 is 1.55. The van der Waals surface area contributed by atoms with Gasteiger partial charge in [0, 0.05) is 30.5 Å². The average Bonchev–Trinajstić information content (AvgIpc) is 3.49. The van der Waals surface area contributed by atoms with Crippen molar-refractivity contribution < 1.29 is 4.79 Å². The second-order valence-electron chi connectivity index (χ2n) is 6.33. The quantitative estimate of drug-likeness (QED) is 0.396. The molecule has 0 unspecified atom stereocenters. The van der Waals surface area contributed by atoms with Gasteiger partial charge < -0.3 is 5.32 Å². The lowest BCUT2D eigenvalue weighted by Crippen LogP contribution is -2.13. The highest BCUT2D eigenvalue weighted by Crippen LogP contribution is 2.28. The first-order chi connectivity index (χ1) is 14.6. The van der Waals surface area contributed by atoms with Crippen molar-refractivity contribution in [1.29, 1.82) is 0 Å². The molecular formula is C18H14N10OS. The molecule has 12 heteroatoms. The van der Waals surface area contributed by atoms with Crippen molar-refractivity contribution in [3.05, 3.63) is 54.6 Å². The Labute approximate surface area is 173 Å². The Morgan fingerprint density at radius 2 is 2.13 bits per heavy atom. The molecule has 1 aromatic carbocycles. The molecule has 0 radical (unpaired) electrons. The maximum atomic E-state index is 12.3. The molecule has 4 heterocycles. The van der Waals surface area contributed by atoms with Crippen LogP contribution >= 0.6 is 11.3 Å². The number of fused-ring (bicyclic) bond motifs is 1. The topological polar surface area (TPSA) is 139 Å². The first-order valence-corrected chi connectivity index (χ1v) is 9.63. The summed E-state index contributed by atoms with van der Waals surface area (Å²) in [6, 6.07) is 7.55. The van der Waals surface area contributed by atoms with Crippen LogP contribution in [0.25, 0.3) is 21.6 Å². The first kappa shape index (κ1) is 17.9. The number of hydrogen-bond acceptors (Lipinski definition) is 9. The van der Waals surface area contributed by atoms with Crippen LogP contribution in [0.5, 0.6) is 0 Å². The van der Waals surface area contributed by atoms with Gasteiger partial charge in [0.1, 0.15) is 5.69 Å². The molecule has 0 saturated heterocycles. The fourth-order valence-electron chi connectivity index (χ4n) is 2.77. The summed E-state index contributed by atoms with van der Waals surface area (Å²) in [6.45, 7) is 0. The molecule has 0 spiro atoms. The third-order valence-electron chi connectivity index (χ3n) is 4.18. The number of rotatable bonds is 5. The first-order valence-electron chi connectivity index (χ1n) is 8.81. The Bertz CT molecular complexity index is 1350. The van der Waals surface area contributed by atoms with Crippen LogP contribution in [-0.2, 0) is 7.05 Å². The minimum absolute atomic E-state index is 0.177. The lowest BCUT2D eigenvalue weighted by Gasteiger charge is -2.03. The zero-order valence-corrected chi connectivity index (χ0v) is 16.4. The minimum Gasteiger partial charge on any atom is -0.330 e. The van der Waals surface area contributed by atoms with E-state index in [1.807, 2.05) is 18.2 Å². The molecule has 30 heavy (non-hydrogen) atoms. The number of aryl methyl sites for hydroxylation is 1. The number of amides is 1. The number of benzene rings is 1. The molecule has 4 aromatic heterocycles. The normalized spacial score (nSPS) is 11.0. The van der Waals surface area contributed by atoms with Crippen molar-refractivity contribution in [1.82, 2.24) is 40.1 Å². The number of nitrogens with zero attached hydrogens (tertiary/aromatic N) is 7. The Hall–Kier alpha value is -4.19. The predicted octanol–water partition coefficient (Wildman–Crippen LogP) is 2.60. The van der Waals surface area contributed by atoms with Gasteiger partial charge >= 0.3 is 0 Å². The largest absolute Gasteiger partial charge is 0.330 e. The van der Waals surface area contributed by atoms with E-state index < -0.39 is 0 Å². The summed E-state index contributed by atoms with van der Waals surface area (Å²) in [5, 5.41) is 27.4. The van der Waals surface area contributed by atoms with Crippen LogP contribution in [0.3, 0.4) is 0 Å². The third kappa shape index (κ3) is 3.58. The molecule has 5 rings (SSSR count). The highest BCUT2D eigenvalue weighted by molar-refractivity contribution is 7.18. The minimum atomic E-state index is -0.338. The van der Waals surface area contributed by atoms with Gasteiger partial charge in [-0.2, -0.15) is 10.2 Å². The molecule has 0 saturated carbocycles. The van der Waals surface area contributed by atoms with Crippen LogP contribution in [0.15, 0.2) is 49.1 Å². The molecule has 5 aromatic rings. The zero-order valence-electron chi connectivity index (χ0n) is 15.6. The highest BCUT2D eigenvalue weighted by atomic mass is 32.1. The molecule has 3 N–H and O–H groups in total. The number of aromatic nitrogens is 8. The Morgan fingerprint density at radius 1 is 1.20 bits per heavy atom. The number of aromatic amines is 1. The van der Waals surface area contributed by atoms with Crippen molar-refractivity contribution in [3.63, 3.8) is 0 Å². The summed E-state index contributed by atoms with van der Waals surface area (Å²) in [4.78, 5) is 20.7. The van der Waals surface area contributed by atoms with E-state index >= 15 is 0 Å². The van der Waals surface area contributed by atoms with E-state index in [4.69, 9.17) is 0 Å². The van der Waals surface area contributed by atoms with Crippen molar-refractivity contribution in [2.24, 2.45) is 7.05 Å². The number of nitrogens with one attached hydrogen (secondary N) is 3. The molecule has 0 bridgehead atoms. The number of H-pyrrole nitrogens is 1. The highest BCUT2D eigenvalue weighted by Gasteiger charge is 2.13. The summed E-state index contributed by atoms with van der Waals surface area (Å²) in [6.07, 6.45) is 6.41. The molecule has 0 fully saturated rings. The second kappa shape index (κ2) is 7.33. The molecule has 1 amide bonds. The van der Waals surface area contributed by atoms with Gasteiger partial charge in [-0.3, -0.25) is 19.9 Å². The van der Waals surface area contributed by atoms with Gasteiger partial charge in [-0.1, -0.05) is 11.3 Å². The van der Waals surface area contributed by atoms with Crippen molar-refractivity contribution in [2.45, 2.75) is 0 Å². The van der Waals surface area contributed by atoms with Crippen LogP contribution in [0, 0.1) is 0 Å². The van der Waals surface area contributed by atoms with E-state index in [-0.39, 0.29) is 11.9 Å². The van der Waals surface area contributed by atoms with Crippen molar-refractivity contribution in [2.75, 3.05) is 10.6 Å². The van der Waals surface area contributed by atoms with Crippen molar-refractivity contribution in [3.8, 4) is 10.7 Å². The summed E-state index contributed by atoms with van der Waals surface area (Å²) in [5.41, 5.74) is 2.81. The molecule has 0 aliphatic rings. The van der Waals surface area contributed by atoms with E-state index in [1.54, 1.807) is 36.4 Å². The molecule has 0 aliphatic carbocycles. The summed E-state index contributed by atoms with van der Waals surface area (Å²) in [7, 11) is 1.74. The van der Waals surface area contributed by atoms with Crippen LogP contribution < -0.4 is 10.6 Å². The lowest BCUT2D eigenvalue weighted by atomic mass is 10.2. The number of hydrogen-bond donors (Lipinski definition) is 3. The maximum Gasteiger partial charge on any atom is 0.261 e. The van der Waals surface area contributed by atoms with E-state index in [9.17, 15) is 4.79 Å². The van der Waals surface area contributed by atoms with Gasteiger partial charge in [-0.15, -0.1) is 10.2 Å². The Balaban J connectivity index is 1.33.